The van der Waals surface area contributed by atoms with Gasteiger partial charge in [-0.1, -0.05) is 272 Å². The Hall–Kier alpha value is -1.59. The molecule has 368 valence electrons. The lowest BCUT2D eigenvalue weighted by Gasteiger charge is -2.18. The molecule has 0 saturated carbocycles. The lowest BCUT2D eigenvalue weighted by atomic mass is 10.0. The zero-order valence-corrected chi connectivity index (χ0v) is 42.5. The number of hydrogen-bond acceptors (Lipinski definition) is 6. The second-order valence-corrected chi connectivity index (χ2v) is 20.2. The summed E-state index contributed by atoms with van der Waals surface area (Å²) in [7, 11) is 0. The van der Waals surface area contributed by atoms with Crippen molar-refractivity contribution in [3.05, 3.63) is 0 Å². The Bertz CT molecular complexity index is 947. The fourth-order valence-electron chi connectivity index (χ4n) is 8.52. The lowest BCUT2D eigenvalue weighted by molar-refractivity contribution is -0.167. The lowest BCUT2D eigenvalue weighted by Crippen LogP contribution is -2.30. The molecule has 0 saturated heterocycles. The van der Waals surface area contributed by atoms with Crippen molar-refractivity contribution in [1.82, 2.24) is 0 Å². The van der Waals surface area contributed by atoms with E-state index in [9.17, 15) is 14.4 Å². The zero-order chi connectivity index (χ0) is 45.4. The first-order valence-corrected chi connectivity index (χ1v) is 27.7. The molecule has 0 radical (unpaired) electrons. The number of rotatable bonds is 50. The summed E-state index contributed by atoms with van der Waals surface area (Å²) >= 11 is 0. The maximum atomic E-state index is 12.8. The highest BCUT2D eigenvalue weighted by Crippen LogP contribution is 2.18. The Morgan fingerprint density at radius 3 is 0.790 bits per heavy atom. The molecule has 1 atom stereocenters. The van der Waals surface area contributed by atoms with Gasteiger partial charge in [-0.05, 0) is 31.1 Å². The van der Waals surface area contributed by atoms with E-state index in [0.29, 0.717) is 19.3 Å². The van der Waals surface area contributed by atoms with Gasteiger partial charge in [-0.2, -0.15) is 0 Å². The van der Waals surface area contributed by atoms with Gasteiger partial charge in [-0.15, -0.1) is 0 Å². The van der Waals surface area contributed by atoms with Crippen LogP contribution in [0.25, 0.3) is 0 Å². The van der Waals surface area contributed by atoms with Gasteiger partial charge in [0.25, 0.3) is 0 Å². The van der Waals surface area contributed by atoms with Crippen LogP contribution < -0.4 is 0 Å². The van der Waals surface area contributed by atoms with Gasteiger partial charge in [-0.3, -0.25) is 14.4 Å². The molecule has 0 aliphatic rings. The second-order valence-electron chi connectivity index (χ2n) is 20.2. The quantitative estimate of drug-likeness (QED) is 0.0344. The summed E-state index contributed by atoms with van der Waals surface area (Å²) in [4.78, 5) is 38.1. The Morgan fingerprint density at radius 2 is 0.532 bits per heavy atom. The monoisotopic (exact) mass is 877 g/mol. The van der Waals surface area contributed by atoms with Crippen molar-refractivity contribution in [3.63, 3.8) is 0 Å². The molecule has 62 heavy (non-hydrogen) atoms. The molecule has 0 rings (SSSR count). The van der Waals surface area contributed by atoms with Crippen molar-refractivity contribution >= 4 is 17.9 Å². The number of unbranched alkanes of at least 4 members (excludes halogenated alkanes) is 35. The first-order valence-electron chi connectivity index (χ1n) is 27.7. The third-order valence-electron chi connectivity index (χ3n) is 12.7. The van der Waals surface area contributed by atoms with Crippen molar-refractivity contribution in [3.8, 4) is 0 Å². The molecule has 6 heteroatoms. The van der Waals surface area contributed by atoms with Crippen molar-refractivity contribution in [2.24, 2.45) is 11.8 Å². The minimum Gasteiger partial charge on any atom is -0.462 e. The van der Waals surface area contributed by atoms with Crippen LogP contribution in [0.2, 0.25) is 0 Å². The molecular weight excluding hydrogens is 769 g/mol. The van der Waals surface area contributed by atoms with Crippen LogP contribution in [-0.4, -0.2) is 37.2 Å². The molecule has 0 heterocycles. The van der Waals surface area contributed by atoms with Gasteiger partial charge in [0.1, 0.15) is 13.2 Å². The van der Waals surface area contributed by atoms with E-state index < -0.39 is 6.10 Å². The Balaban J connectivity index is 4.30. The normalized spacial score (nSPS) is 12.0. The molecule has 0 aromatic heterocycles. The van der Waals surface area contributed by atoms with Crippen molar-refractivity contribution in [2.75, 3.05) is 13.2 Å². The first-order chi connectivity index (χ1) is 30.2. The summed E-state index contributed by atoms with van der Waals surface area (Å²) in [6.07, 6.45) is 50.9. The average Bonchev–Trinajstić information content (AvgIpc) is 3.24. The molecule has 0 fully saturated rings. The topological polar surface area (TPSA) is 78.9 Å². The molecule has 0 spiro atoms. The van der Waals surface area contributed by atoms with E-state index in [0.717, 1.165) is 69.6 Å². The summed E-state index contributed by atoms with van der Waals surface area (Å²) in [5, 5.41) is 0. The maximum absolute atomic E-state index is 12.8. The largest absolute Gasteiger partial charge is 0.462 e. The van der Waals surface area contributed by atoms with Gasteiger partial charge in [0, 0.05) is 19.3 Å². The van der Waals surface area contributed by atoms with Crippen LogP contribution in [0.1, 0.15) is 311 Å². The van der Waals surface area contributed by atoms with Gasteiger partial charge in [0.2, 0.25) is 0 Å². The number of esters is 3. The van der Waals surface area contributed by atoms with Crippen molar-refractivity contribution in [1.29, 1.82) is 0 Å². The highest BCUT2D eigenvalue weighted by Gasteiger charge is 2.19. The summed E-state index contributed by atoms with van der Waals surface area (Å²) in [5.74, 6) is 0.819. The Labute approximate surface area is 387 Å². The molecule has 0 N–H and O–H groups in total. The summed E-state index contributed by atoms with van der Waals surface area (Å²) in [5.41, 5.74) is 0. The first kappa shape index (κ1) is 60.4. The van der Waals surface area contributed by atoms with E-state index in [1.165, 1.54) is 199 Å². The zero-order valence-electron chi connectivity index (χ0n) is 42.5. The highest BCUT2D eigenvalue weighted by molar-refractivity contribution is 5.71. The standard InChI is InChI=1S/C56H108O6/c1-6-7-8-9-10-11-12-13-17-20-26-31-36-41-46-54(57)60-49-53(50-61-55(58)47-42-37-32-27-23-22-25-30-35-40-45-52(4)5)62-56(59)48-43-38-33-28-21-18-15-14-16-19-24-29-34-39-44-51(2)3/h51-53H,6-50H2,1-5H3/t53-/m0/s1. The third-order valence-corrected chi connectivity index (χ3v) is 12.7. The number of ether oxygens (including phenoxy) is 3. The van der Waals surface area contributed by atoms with E-state index >= 15 is 0 Å². The van der Waals surface area contributed by atoms with Crippen LogP contribution >= 0.6 is 0 Å². The second kappa shape index (κ2) is 48.9. The van der Waals surface area contributed by atoms with Gasteiger partial charge < -0.3 is 14.2 Å². The molecule has 0 aliphatic heterocycles. The molecular formula is C56H108O6. The minimum atomic E-state index is -0.762. The van der Waals surface area contributed by atoms with Gasteiger partial charge in [-0.25, -0.2) is 0 Å². The summed E-state index contributed by atoms with van der Waals surface area (Å²) in [6, 6.07) is 0. The number of carbonyl (C=O) groups excluding carboxylic acids is 3. The van der Waals surface area contributed by atoms with Crippen LogP contribution in [-0.2, 0) is 28.6 Å². The van der Waals surface area contributed by atoms with Crippen LogP contribution in [0, 0.1) is 11.8 Å². The molecule has 0 amide bonds. The molecule has 0 aromatic rings. The van der Waals surface area contributed by atoms with E-state index in [1.807, 2.05) is 0 Å². The van der Waals surface area contributed by atoms with E-state index in [1.54, 1.807) is 0 Å². The van der Waals surface area contributed by atoms with Gasteiger partial charge in [0.15, 0.2) is 6.10 Å². The van der Waals surface area contributed by atoms with Crippen LogP contribution in [0.3, 0.4) is 0 Å². The van der Waals surface area contributed by atoms with Crippen molar-refractivity contribution < 1.29 is 28.6 Å². The number of carbonyl (C=O) groups is 3. The Kier molecular flexibility index (Phi) is 47.6. The smallest absolute Gasteiger partial charge is 0.306 e. The van der Waals surface area contributed by atoms with Gasteiger partial charge in [0.05, 0.1) is 0 Å². The van der Waals surface area contributed by atoms with E-state index in [-0.39, 0.29) is 31.1 Å². The van der Waals surface area contributed by atoms with Crippen LogP contribution in [0.5, 0.6) is 0 Å². The minimum absolute atomic E-state index is 0.0630. The maximum Gasteiger partial charge on any atom is 0.306 e. The molecule has 0 bridgehead atoms. The molecule has 0 unspecified atom stereocenters. The highest BCUT2D eigenvalue weighted by atomic mass is 16.6. The summed E-state index contributed by atoms with van der Waals surface area (Å²) in [6.45, 7) is 11.4. The Morgan fingerprint density at radius 1 is 0.306 bits per heavy atom. The number of hydrogen-bond donors (Lipinski definition) is 0. The van der Waals surface area contributed by atoms with E-state index in [4.69, 9.17) is 14.2 Å². The van der Waals surface area contributed by atoms with Gasteiger partial charge >= 0.3 is 17.9 Å². The third kappa shape index (κ3) is 49.4. The van der Waals surface area contributed by atoms with Crippen molar-refractivity contribution in [2.45, 2.75) is 317 Å². The SMILES string of the molecule is CCCCCCCCCCCCCCCCC(=O)OC[C@@H](COC(=O)CCCCCCCCCCCCC(C)C)OC(=O)CCCCCCCCCCCCCCCCC(C)C. The molecule has 6 nitrogen and oxygen atoms in total. The van der Waals surface area contributed by atoms with E-state index in [2.05, 4.69) is 34.6 Å². The molecule has 0 aliphatic carbocycles. The van der Waals surface area contributed by atoms with Crippen LogP contribution in [0.15, 0.2) is 0 Å². The predicted molar refractivity (Wildman–Crippen MR) is 266 cm³/mol. The summed E-state index contributed by atoms with van der Waals surface area (Å²) < 4.78 is 16.9. The van der Waals surface area contributed by atoms with Crippen LogP contribution in [0.4, 0.5) is 0 Å². The fourth-order valence-corrected chi connectivity index (χ4v) is 8.52. The molecule has 0 aromatic carbocycles. The predicted octanol–water partition coefficient (Wildman–Crippen LogP) is 18.1. The average molecular weight is 877 g/mol. The fraction of sp³-hybridized carbons (Fsp3) is 0.946.